The van der Waals surface area contributed by atoms with E-state index in [1.807, 2.05) is 34.9 Å². The van der Waals surface area contributed by atoms with Crippen molar-refractivity contribution in [3.05, 3.63) is 49.2 Å². The lowest BCUT2D eigenvalue weighted by Crippen LogP contribution is -1.87. The van der Waals surface area contributed by atoms with Gasteiger partial charge in [0.2, 0.25) is 0 Å². The first-order chi connectivity index (χ1) is 6.95. The summed E-state index contributed by atoms with van der Waals surface area (Å²) in [6.07, 6.45) is 5.16. The van der Waals surface area contributed by atoms with Gasteiger partial charge in [0.25, 0.3) is 0 Å². The summed E-state index contributed by atoms with van der Waals surface area (Å²) < 4.78 is 7.04. The molecule has 3 aromatic rings. The summed E-state index contributed by atoms with van der Waals surface area (Å²) in [7, 11) is 0. The minimum atomic E-state index is 0.994. The van der Waals surface area contributed by atoms with Crippen LogP contribution >= 0.6 is 0 Å². The number of para-hydroxylation sites is 2. The fourth-order valence-corrected chi connectivity index (χ4v) is 1.56. The van der Waals surface area contributed by atoms with Gasteiger partial charge in [0.1, 0.15) is 12.6 Å². The second-order valence-electron chi connectivity index (χ2n) is 3.08. The Hall–Kier alpha value is -2.03. The molecule has 1 aromatic carbocycles. The van der Waals surface area contributed by atoms with E-state index < -0.39 is 0 Å². The van der Waals surface area contributed by atoms with Crippen molar-refractivity contribution in [2.45, 2.75) is 0 Å². The second kappa shape index (κ2) is 2.73. The third-order valence-electron chi connectivity index (χ3n) is 2.24. The SMILES string of the molecule is c1ccc2c(c1)ncn2-c1ccoc1. The summed E-state index contributed by atoms with van der Waals surface area (Å²) in [6, 6.07) is 9.92. The molecular formula is C11H8N2O. The molecule has 0 spiro atoms. The van der Waals surface area contributed by atoms with E-state index >= 15 is 0 Å². The van der Waals surface area contributed by atoms with Crippen LogP contribution in [-0.2, 0) is 0 Å². The first-order valence-corrected chi connectivity index (χ1v) is 4.40. The lowest BCUT2D eigenvalue weighted by Gasteiger charge is -1.97. The highest BCUT2D eigenvalue weighted by molar-refractivity contribution is 5.76. The van der Waals surface area contributed by atoms with Gasteiger partial charge in [-0.3, -0.25) is 4.57 Å². The van der Waals surface area contributed by atoms with Gasteiger partial charge in [0.05, 0.1) is 23.0 Å². The molecule has 0 fully saturated rings. The van der Waals surface area contributed by atoms with E-state index in [1.165, 1.54) is 0 Å². The van der Waals surface area contributed by atoms with E-state index in [4.69, 9.17) is 4.42 Å². The van der Waals surface area contributed by atoms with Crippen molar-refractivity contribution in [2.24, 2.45) is 0 Å². The lowest BCUT2D eigenvalue weighted by atomic mass is 10.3. The largest absolute Gasteiger partial charge is 0.470 e. The Morgan fingerprint density at radius 2 is 2.07 bits per heavy atom. The Morgan fingerprint density at radius 1 is 1.14 bits per heavy atom. The maximum absolute atomic E-state index is 5.04. The van der Waals surface area contributed by atoms with Crippen molar-refractivity contribution in [3.8, 4) is 5.69 Å². The Kier molecular flexibility index (Phi) is 1.44. The molecule has 14 heavy (non-hydrogen) atoms. The maximum Gasteiger partial charge on any atom is 0.114 e. The molecule has 0 aliphatic rings. The number of nitrogens with zero attached hydrogens (tertiary/aromatic N) is 2. The average Bonchev–Trinajstić information content (AvgIpc) is 2.85. The van der Waals surface area contributed by atoms with E-state index in [1.54, 1.807) is 18.9 Å². The van der Waals surface area contributed by atoms with E-state index in [2.05, 4.69) is 4.98 Å². The summed E-state index contributed by atoms with van der Waals surface area (Å²) in [5.74, 6) is 0. The number of aromatic nitrogens is 2. The lowest BCUT2D eigenvalue weighted by molar-refractivity contribution is 0.566. The van der Waals surface area contributed by atoms with E-state index in [-0.39, 0.29) is 0 Å². The Bertz CT molecular complexity index is 551. The van der Waals surface area contributed by atoms with Crippen molar-refractivity contribution >= 4 is 11.0 Å². The molecule has 0 amide bonds. The molecule has 0 aliphatic heterocycles. The molecule has 0 unspecified atom stereocenters. The van der Waals surface area contributed by atoms with Crippen LogP contribution in [0.1, 0.15) is 0 Å². The first-order valence-electron chi connectivity index (χ1n) is 4.40. The molecule has 0 N–H and O–H groups in total. The monoisotopic (exact) mass is 184 g/mol. The molecule has 3 heteroatoms. The van der Waals surface area contributed by atoms with Crippen LogP contribution in [-0.4, -0.2) is 9.55 Å². The van der Waals surface area contributed by atoms with Gasteiger partial charge in [-0.25, -0.2) is 4.98 Å². The Morgan fingerprint density at radius 3 is 2.93 bits per heavy atom. The van der Waals surface area contributed by atoms with Gasteiger partial charge >= 0.3 is 0 Å². The normalized spacial score (nSPS) is 10.9. The molecular weight excluding hydrogens is 176 g/mol. The van der Waals surface area contributed by atoms with Crippen LogP contribution in [0.5, 0.6) is 0 Å². The van der Waals surface area contributed by atoms with Crippen LogP contribution < -0.4 is 0 Å². The van der Waals surface area contributed by atoms with Crippen molar-refractivity contribution in [1.82, 2.24) is 9.55 Å². The van der Waals surface area contributed by atoms with Gasteiger partial charge in [0.15, 0.2) is 0 Å². The molecule has 0 radical (unpaired) electrons. The predicted octanol–water partition coefficient (Wildman–Crippen LogP) is 2.62. The fourth-order valence-electron chi connectivity index (χ4n) is 1.56. The number of rotatable bonds is 1. The van der Waals surface area contributed by atoms with Crippen molar-refractivity contribution < 1.29 is 4.42 Å². The molecule has 0 aliphatic carbocycles. The van der Waals surface area contributed by atoms with Gasteiger partial charge in [-0.15, -0.1) is 0 Å². The van der Waals surface area contributed by atoms with Gasteiger partial charge in [-0.1, -0.05) is 12.1 Å². The summed E-state index contributed by atoms with van der Waals surface area (Å²) in [6.45, 7) is 0. The fraction of sp³-hybridized carbons (Fsp3) is 0. The summed E-state index contributed by atoms with van der Waals surface area (Å²) in [4.78, 5) is 4.30. The molecule has 0 saturated heterocycles. The molecule has 68 valence electrons. The predicted molar refractivity (Wildman–Crippen MR) is 53.3 cm³/mol. The number of benzene rings is 1. The van der Waals surface area contributed by atoms with Crippen LogP contribution in [0.15, 0.2) is 53.6 Å². The van der Waals surface area contributed by atoms with Gasteiger partial charge in [0, 0.05) is 6.07 Å². The average molecular weight is 184 g/mol. The highest BCUT2D eigenvalue weighted by Gasteiger charge is 2.03. The number of furan rings is 1. The zero-order chi connectivity index (χ0) is 9.38. The van der Waals surface area contributed by atoms with Crippen LogP contribution in [0.4, 0.5) is 0 Å². The third kappa shape index (κ3) is 0.956. The van der Waals surface area contributed by atoms with Crippen LogP contribution in [0.25, 0.3) is 16.7 Å². The summed E-state index contributed by atoms with van der Waals surface area (Å²) in [5, 5.41) is 0. The third-order valence-corrected chi connectivity index (χ3v) is 2.24. The molecule has 2 aromatic heterocycles. The number of fused-ring (bicyclic) bond motifs is 1. The minimum Gasteiger partial charge on any atom is -0.470 e. The zero-order valence-corrected chi connectivity index (χ0v) is 7.42. The van der Waals surface area contributed by atoms with Crippen molar-refractivity contribution in [3.63, 3.8) is 0 Å². The van der Waals surface area contributed by atoms with Gasteiger partial charge in [-0.05, 0) is 12.1 Å². The number of imidazole rings is 1. The summed E-state index contributed by atoms with van der Waals surface area (Å²) in [5.41, 5.74) is 3.08. The standard InChI is InChI=1S/C11H8N2O/c1-2-4-11-10(3-1)12-8-13(11)9-5-6-14-7-9/h1-8H. The summed E-state index contributed by atoms with van der Waals surface area (Å²) >= 11 is 0. The first kappa shape index (κ1) is 7.38. The Labute approximate surface area is 80.6 Å². The zero-order valence-electron chi connectivity index (χ0n) is 7.42. The molecule has 3 nitrogen and oxygen atoms in total. The second-order valence-corrected chi connectivity index (χ2v) is 3.08. The quantitative estimate of drug-likeness (QED) is 0.582. The molecule has 3 rings (SSSR count). The van der Waals surface area contributed by atoms with Crippen LogP contribution in [0.3, 0.4) is 0 Å². The van der Waals surface area contributed by atoms with Crippen LogP contribution in [0, 0.1) is 0 Å². The maximum atomic E-state index is 5.04. The van der Waals surface area contributed by atoms with E-state index in [9.17, 15) is 0 Å². The molecule has 0 atom stereocenters. The smallest absolute Gasteiger partial charge is 0.114 e. The number of hydrogen-bond donors (Lipinski definition) is 0. The Balaban J connectivity index is 2.33. The van der Waals surface area contributed by atoms with E-state index in [0.29, 0.717) is 0 Å². The van der Waals surface area contributed by atoms with E-state index in [0.717, 1.165) is 16.7 Å². The van der Waals surface area contributed by atoms with Crippen LogP contribution in [0.2, 0.25) is 0 Å². The minimum absolute atomic E-state index is 0.994. The highest BCUT2D eigenvalue weighted by Crippen LogP contribution is 2.17. The molecule has 0 saturated carbocycles. The van der Waals surface area contributed by atoms with Crippen molar-refractivity contribution in [1.29, 1.82) is 0 Å². The van der Waals surface area contributed by atoms with Gasteiger partial charge < -0.3 is 4.42 Å². The van der Waals surface area contributed by atoms with Gasteiger partial charge in [-0.2, -0.15) is 0 Å². The highest BCUT2D eigenvalue weighted by atomic mass is 16.3. The molecule has 2 heterocycles. The van der Waals surface area contributed by atoms with Crippen molar-refractivity contribution in [2.75, 3.05) is 0 Å². The molecule has 0 bridgehead atoms. The number of hydrogen-bond acceptors (Lipinski definition) is 2. The topological polar surface area (TPSA) is 31.0 Å².